The lowest BCUT2D eigenvalue weighted by atomic mass is 9.83. The second kappa shape index (κ2) is 3.65. The van der Waals surface area contributed by atoms with Crippen LogP contribution in [0.1, 0.15) is 32.8 Å². The number of allylic oxidation sites excluding steroid dienone is 1. The maximum atomic E-state index is 4.51. The van der Waals surface area contributed by atoms with Crippen molar-refractivity contribution in [1.29, 1.82) is 0 Å². The van der Waals surface area contributed by atoms with Gasteiger partial charge in [-0.25, -0.2) is 0 Å². The molecule has 0 amide bonds. The minimum absolute atomic E-state index is 0.210. The third-order valence-electron chi connectivity index (χ3n) is 2.75. The van der Waals surface area contributed by atoms with Crippen LogP contribution >= 0.6 is 0 Å². The first-order valence-corrected chi connectivity index (χ1v) is 5.40. The summed E-state index contributed by atoms with van der Waals surface area (Å²) >= 11 is 0. The topological polar surface area (TPSA) is 12.4 Å². The number of hydrogen-bond donors (Lipinski definition) is 0. The summed E-state index contributed by atoms with van der Waals surface area (Å²) < 4.78 is 0. The summed E-state index contributed by atoms with van der Waals surface area (Å²) in [5, 5.41) is 0. The van der Waals surface area contributed by atoms with Crippen molar-refractivity contribution in [2.45, 2.75) is 27.2 Å². The first-order valence-electron chi connectivity index (χ1n) is 5.40. The monoisotopic (exact) mass is 199 g/mol. The van der Waals surface area contributed by atoms with E-state index >= 15 is 0 Å². The molecule has 0 N–H and O–H groups in total. The van der Waals surface area contributed by atoms with Gasteiger partial charge in [0.15, 0.2) is 0 Å². The van der Waals surface area contributed by atoms with Crippen molar-refractivity contribution < 1.29 is 0 Å². The van der Waals surface area contributed by atoms with Crippen LogP contribution in [0.3, 0.4) is 0 Å². The molecule has 0 unspecified atom stereocenters. The molecule has 0 radical (unpaired) electrons. The number of rotatable bonds is 1. The third kappa shape index (κ3) is 2.01. The average Bonchev–Trinajstić information content (AvgIpc) is 2.67. The van der Waals surface area contributed by atoms with Crippen LogP contribution in [0.5, 0.6) is 0 Å². The van der Waals surface area contributed by atoms with Crippen molar-refractivity contribution in [2.75, 3.05) is 0 Å². The third-order valence-corrected chi connectivity index (χ3v) is 2.75. The van der Waals surface area contributed by atoms with E-state index in [1.807, 2.05) is 12.3 Å². The fraction of sp³-hybridized carbons (Fsp3) is 0.357. The number of aliphatic imine (C=N–C) groups is 1. The summed E-state index contributed by atoms with van der Waals surface area (Å²) in [4.78, 5) is 4.51. The Hall–Kier alpha value is -1.37. The van der Waals surface area contributed by atoms with Gasteiger partial charge in [0.1, 0.15) is 0 Å². The zero-order valence-corrected chi connectivity index (χ0v) is 9.62. The van der Waals surface area contributed by atoms with Gasteiger partial charge in [0, 0.05) is 18.2 Å². The molecule has 0 fully saturated rings. The molecule has 1 aliphatic rings. The van der Waals surface area contributed by atoms with E-state index in [9.17, 15) is 0 Å². The Labute approximate surface area is 91.6 Å². The Morgan fingerprint density at radius 3 is 2.33 bits per heavy atom. The lowest BCUT2D eigenvalue weighted by Gasteiger charge is -2.21. The van der Waals surface area contributed by atoms with Crippen LogP contribution < -0.4 is 0 Å². The summed E-state index contributed by atoms with van der Waals surface area (Å²) in [5.74, 6) is 0. The first-order chi connectivity index (χ1) is 7.09. The molecule has 0 saturated carbocycles. The second-order valence-electron chi connectivity index (χ2n) is 4.96. The number of nitrogens with zero attached hydrogens (tertiary/aromatic N) is 1. The van der Waals surface area contributed by atoms with Gasteiger partial charge < -0.3 is 0 Å². The highest BCUT2D eigenvalue weighted by Crippen LogP contribution is 2.37. The lowest BCUT2D eigenvalue weighted by molar-refractivity contribution is 0.501. The Morgan fingerprint density at radius 1 is 1.07 bits per heavy atom. The molecular weight excluding hydrogens is 182 g/mol. The molecule has 1 aromatic rings. The molecule has 1 heteroatoms. The molecule has 0 spiro atoms. The van der Waals surface area contributed by atoms with E-state index in [-0.39, 0.29) is 5.41 Å². The highest BCUT2D eigenvalue weighted by molar-refractivity contribution is 5.84. The van der Waals surface area contributed by atoms with Gasteiger partial charge in [0.2, 0.25) is 0 Å². The molecule has 2 rings (SSSR count). The fourth-order valence-corrected chi connectivity index (χ4v) is 1.91. The standard InChI is InChI=1S/C14H17N/c1-14(2,3)12-9-10-15-13(12)11-7-5-4-6-8-11/h4-8,10H,9H2,1-3H3. The van der Waals surface area contributed by atoms with E-state index in [0.717, 1.165) is 6.42 Å². The normalized spacial score (nSPS) is 16.2. The van der Waals surface area contributed by atoms with Crippen LogP contribution in [0.15, 0.2) is 40.9 Å². The Kier molecular flexibility index (Phi) is 2.47. The van der Waals surface area contributed by atoms with Crippen LogP contribution in [-0.2, 0) is 0 Å². The van der Waals surface area contributed by atoms with Crippen LogP contribution in [-0.4, -0.2) is 6.21 Å². The summed E-state index contributed by atoms with van der Waals surface area (Å²) in [5.41, 5.74) is 4.05. The minimum Gasteiger partial charge on any atom is -0.260 e. The predicted octanol–water partition coefficient (Wildman–Crippen LogP) is 3.92. The van der Waals surface area contributed by atoms with Crippen molar-refractivity contribution in [3.05, 3.63) is 41.5 Å². The van der Waals surface area contributed by atoms with Crippen molar-refractivity contribution in [1.82, 2.24) is 0 Å². The van der Waals surface area contributed by atoms with Crippen LogP contribution in [0.2, 0.25) is 0 Å². The molecule has 0 saturated heterocycles. The first kappa shape index (κ1) is 10.2. The van der Waals surface area contributed by atoms with E-state index in [4.69, 9.17) is 0 Å². The van der Waals surface area contributed by atoms with Gasteiger partial charge in [-0.15, -0.1) is 0 Å². The minimum atomic E-state index is 0.210. The average molecular weight is 199 g/mol. The van der Waals surface area contributed by atoms with E-state index in [0.29, 0.717) is 0 Å². The molecule has 1 nitrogen and oxygen atoms in total. The van der Waals surface area contributed by atoms with Gasteiger partial charge in [0.25, 0.3) is 0 Å². The molecular formula is C14H17N. The summed E-state index contributed by atoms with van der Waals surface area (Å²) in [6, 6.07) is 10.4. The maximum Gasteiger partial charge on any atom is 0.0699 e. The van der Waals surface area contributed by atoms with E-state index in [2.05, 4.69) is 50.0 Å². The highest BCUT2D eigenvalue weighted by atomic mass is 14.8. The van der Waals surface area contributed by atoms with Crippen molar-refractivity contribution in [3.8, 4) is 0 Å². The van der Waals surface area contributed by atoms with Gasteiger partial charge in [-0.3, -0.25) is 4.99 Å². The zero-order valence-electron chi connectivity index (χ0n) is 9.62. The largest absolute Gasteiger partial charge is 0.260 e. The number of hydrogen-bond acceptors (Lipinski definition) is 1. The van der Waals surface area contributed by atoms with Crippen LogP contribution in [0.4, 0.5) is 0 Å². The van der Waals surface area contributed by atoms with E-state index in [1.165, 1.54) is 16.8 Å². The molecule has 0 aromatic heterocycles. The van der Waals surface area contributed by atoms with Gasteiger partial charge in [-0.1, -0.05) is 51.1 Å². The van der Waals surface area contributed by atoms with Crippen molar-refractivity contribution in [2.24, 2.45) is 10.4 Å². The predicted molar refractivity (Wildman–Crippen MR) is 65.9 cm³/mol. The van der Waals surface area contributed by atoms with Gasteiger partial charge in [-0.2, -0.15) is 0 Å². The maximum absolute atomic E-state index is 4.51. The fourth-order valence-electron chi connectivity index (χ4n) is 1.91. The van der Waals surface area contributed by atoms with Gasteiger partial charge in [0.05, 0.1) is 5.70 Å². The lowest BCUT2D eigenvalue weighted by Crippen LogP contribution is -2.09. The molecule has 1 aliphatic heterocycles. The summed E-state index contributed by atoms with van der Waals surface area (Å²) in [6.07, 6.45) is 3.01. The van der Waals surface area contributed by atoms with Crippen molar-refractivity contribution in [3.63, 3.8) is 0 Å². The van der Waals surface area contributed by atoms with Gasteiger partial charge in [-0.05, 0) is 11.0 Å². The molecule has 0 bridgehead atoms. The summed E-state index contributed by atoms with van der Waals surface area (Å²) in [7, 11) is 0. The van der Waals surface area contributed by atoms with Crippen LogP contribution in [0.25, 0.3) is 5.70 Å². The van der Waals surface area contributed by atoms with E-state index in [1.54, 1.807) is 0 Å². The second-order valence-corrected chi connectivity index (χ2v) is 4.96. The molecule has 0 atom stereocenters. The smallest absolute Gasteiger partial charge is 0.0699 e. The quantitative estimate of drug-likeness (QED) is 0.650. The molecule has 78 valence electrons. The molecule has 1 aromatic carbocycles. The van der Waals surface area contributed by atoms with E-state index < -0.39 is 0 Å². The summed E-state index contributed by atoms with van der Waals surface area (Å²) in [6.45, 7) is 6.75. The zero-order chi connectivity index (χ0) is 10.9. The van der Waals surface area contributed by atoms with Crippen LogP contribution in [0, 0.1) is 5.41 Å². The molecule has 1 heterocycles. The molecule has 15 heavy (non-hydrogen) atoms. The van der Waals surface area contributed by atoms with Gasteiger partial charge >= 0.3 is 0 Å². The Bertz CT molecular complexity index is 405. The SMILES string of the molecule is CC(C)(C)C1=C(c2ccccc2)N=CC1. The molecule has 0 aliphatic carbocycles. The Morgan fingerprint density at radius 2 is 1.73 bits per heavy atom. The number of benzene rings is 1. The Balaban J connectivity index is 2.47. The van der Waals surface area contributed by atoms with Crippen molar-refractivity contribution >= 4 is 11.9 Å². The highest BCUT2D eigenvalue weighted by Gasteiger charge is 2.23.